The Morgan fingerprint density at radius 3 is 2.77 bits per heavy atom. The van der Waals surface area contributed by atoms with Crippen molar-refractivity contribution in [3.05, 3.63) is 82.1 Å². The summed E-state index contributed by atoms with van der Waals surface area (Å²) in [6, 6.07) is 17.9. The van der Waals surface area contributed by atoms with E-state index in [1.54, 1.807) is 48.5 Å². The van der Waals surface area contributed by atoms with Crippen LogP contribution in [0.15, 0.2) is 70.7 Å². The van der Waals surface area contributed by atoms with E-state index in [1.807, 2.05) is 13.0 Å². The van der Waals surface area contributed by atoms with Crippen LogP contribution in [0.4, 0.5) is 11.4 Å². The van der Waals surface area contributed by atoms with Crippen LogP contribution in [0.25, 0.3) is 17.4 Å². The van der Waals surface area contributed by atoms with Crippen LogP contribution < -0.4 is 10.1 Å². The van der Waals surface area contributed by atoms with Crippen molar-refractivity contribution in [2.45, 2.75) is 6.92 Å². The van der Waals surface area contributed by atoms with Gasteiger partial charge in [0, 0.05) is 23.9 Å². The van der Waals surface area contributed by atoms with Crippen LogP contribution in [0, 0.1) is 21.4 Å². The Balaban J connectivity index is 1.82. The molecule has 1 heterocycles. The summed E-state index contributed by atoms with van der Waals surface area (Å²) in [7, 11) is 0. The van der Waals surface area contributed by atoms with Gasteiger partial charge in [-0.05, 0) is 37.3 Å². The second-order valence-electron chi connectivity index (χ2n) is 6.06. The van der Waals surface area contributed by atoms with E-state index in [9.17, 15) is 20.2 Å². The van der Waals surface area contributed by atoms with E-state index in [4.69, 9.17) is 9.15 Å². The number of hydrogen-bond acceptors (Lipinski definition) is 6. The van der Waals surface area contributed by atoms with Gasteiger partial charge in [-0.2, -0.15) is 5.26 Å². The van der Waals surface area contributed by atoms with Gasteiger partial charge < -0.3 is 14.5 Å². The fourth-order valence-corrected chi connectivity index (χ4v) is 2.74. The van der Waals surface area contributed by atoms with Crippen molar-refractivity contribution in [3.63, 3.8) is 0 Å². The van der Waals surface area contributed by atoms with Gasteiger partial charge in [0.2, 0.25) is 0 Å². The summed E-state index contributed by atoms with van der Waals surface area (Å²) in [6.45, 7) is 2.34. The maximum absolute atomic E-state index is 12.5. The minimum atomic E-state index is -0.616. The maximum Gasteiger partial charge on any atom is 0.280 e. The van der Waals surface area contributed by atoms with Crippen molar-refractivity contribution in [2.75, 3.05) is 11.9 Å². The number of benzene rings is 2. The van der Waals surface area contributed by atoms with Crippen LogP contribution in [-0.4, -0.2) is 17.4 Å². The predicted molar refractivity (Wildman–Crippen MR) is 111 cm³/mol. The molecule has 8 heteroatoms. The number of furan rings is 1. The summed E-state index contributed by atoms with van der Waals surface area (Å²) in [5, 5.41) is 23.2. The third kappa shape index (κ3) is 4.72. The van der Waals surface area contributed by atoms with E-state index in [0.29, 0.717) is 23.6 Å². The minimum Gasteiger partial charge on any atom is -0.494 e. The van der Waals surface area contributed by atoms with Crippen LogP contribution in [-0.2, 0) is 4.79 Å². The lowest BCUT2D eigenvalue weighted by molar-refractivity contribution is -0.384. The molecule has 1 N–H and O–H groups in total. The Kier molecular flexibility index (Phi) is 6.25. The molecule has 0 radical (unpaired) electrons. The highest BCUT2D eigenvalue weighted by Crippen LogP contribution is 2.31. The van der Waals surface area contributed by atoms with E-state index in [0.717, 1.165) is 0 Å². The average Bonchev–Trinajstić information content (AvgIpc) is 3.21. The van der Waals surface area contributed by atoms with E-state index in [1.165, 1.54) is 18.2 Å². The molecule has 0 saturated heterocycles. The molecule has 0 aliphatic heterocycles. The van der Waals surface area contributed by atoms with Crippen LogP contribution in [0.1, 0.15) is 12.7 Å². The van der Waals surface area contributed by atoms with Crippen molar-refractivity contribution in [1.82, 2.24) is 0 Å². The first-order chi connectivity index (χ1) is 14.5. The number of anilines is 1. The van der Waals surface area contributed by atoms with E-state index in [-0.39, 0.29) is 22.8 Å². The smallest absolute Gasteiger partial charge is 0.280 e. The Bertz CT molecular complexity index is 1160. The number of amides is 1. The van der Waals surface area contributed by atoms with Crippen molar-refractivity contribution in [2.24, 2.45) is 0 Å². The number of para-hydroxylation sites is 1. The highest BCUT2D eigenvalue weighted by atomic mass is 16.6. The van der Waals surface area contributed by atoms with Gasteiger partial charge in [0.15, 0.2) is 0 Å². The molecule has 0 saturated carbocycles. The third-order valence-electron chi connectivity index (χ3n) is 4.05. The normalized spacial score (nSPS) is 10.9. The Morgan fingerprint density at radius 2 is 2.03 bits per heavy atom. The van der Waals surface area contributed by atoms with Gasteiger partial charge in [-0.3, -0.25) is 14.9 Å². The van der Waals surface area contributed by atoms with Gasteiger partial charge >= 0.3 is 0 Å². The van der Waals surface area contributed by atoms with Crippen molar-refractivity contribution >= 4 is 23.4 Å². The molecule has 0 bridgehead atoms. The molecule has 0 spiro atoms. The van der Waals surface area contributed by atoms with Crippen LogP contribution in [0.2, 0.25) is 0 Å². The summed E-state index contributed by atoms with van der Waals surface area (Å²) in [4.78, 5) is 23.2. The fourth-order valence-electron chi connectivity index (χ4n) is 2.74. The number of ether oxygens (including phenoxy) is 1. The van der Waals surface area contributed by atoms with Gasteiger partial charge in [-0.1, -0.05) is 18.2 Å². The SMILES string of the molecule is CCOc1cccc(NC(=O)/C(C#N)=C/c2ccc(-c3ccccc3[N+](=O)[O-])o2)c1. The Hall–Kier alpha value is -4.38. The zero-order valence-electron chi connectivity index (χ0n) is 16.0. The van der Waals surface area contributed by atoms with Gasteiger partial charge in [0.05, 0.1) is 17.1 Å². The Morgan fingerprint density at radius 1 is 1.23 bits per heavy atom. The molecule has 1 aromatic heterocycles. The topological polar surface area (TPSA) is 118 Å². The van der Waals surface area contributed by atoms with E-state index < -0.39 is 10.8 Å². The number of rotatable bonds is 7. The minimum absolute atomic E-state index is 0.102. The van der Waals surface area contributed by atoms with Crippen molar-refractivity contribution < 1.29 is 18.9 Å². The highest BCUT2D eigenvalue weighted by Gasteiger charge is 2.17. The number of carbonyl (C=O) groups is 1. The van der Waals surface area contributed by atoms with Gasteiger partial charge in [0.25, 0.3) is 11.6 Å². The summed E-state index contributed by atoms with van der Waals surface area (Å²) in [6.07, 6.45) is 1.28. The number of nitrogens with one attached hydrogen (secondary N) is 1. The zero-order valence-corrected chi connectivity index (χ0v) is 16.0. The second kappa shape index (κ2) is 9.21. The molecular weight excluding hydrogens is 386 g/mol. The number of nitro groups is 1. The predicted octanol–water partition coefficient (Wildman–Crippen LogP) is 4.80. The number of hydrogen-bond donors (Lipinski definition) is 1. The lowest BCUT2D eigenvalue weighted by atomic mass is 10.1. The van der Waals surface area contributed by atoms with Gasteiger partial charge in [-0.15, -0.1) is 0 Å². The van der Waals surface area contributed by atoms with Gasteiger partial charge in [-0.25, -0.2) is 0 Å². The van der Waals surface area contributed by atoms with Crippen molar-refractivity contribution in [3.8, 4) is 23.1 Å². The number of nitriles is 1. The quantitative estimate of drug-likeness (QED) is 0.262. The maximum atomic E-state index is 12.5. The second-order valence-corrected chi connectivity index (χ2v) is 6.06. The summed E-state index contributed by atoms with van der Waals surface area (Å²) in [5.41, 5.74) is 0.500. The van der Waals surface area contributed by atoms with E-state index in [2.05, 4.69) is 5.32 Å². The van der Waals surface area contributed by atoms with Crippen molar-refractivity contribution in [1.29, 1.82) is 5.26 Å². The van der Waals surface area contributed by atoms with Gasteiger partial charge in [0.1, 0.15) is 28.9 Å². The monoisotopic (exact) mass is 403 g/mol. The molecular formula is C22H17N3O5. The molecule has 1 amide bonds. The first kappa shape index (κ1) is 20.4. The molecule has 8 nitrogen and oxygen atoms in total. The molecule has 3 rings (SSSR count). The molecule has 0 fully saturated rings. The lowest BCUT2D eigenvalue weighted by Crippen LogP contribution is -2.13. The van der Waals surface area contributed by atoms with Crippen LogP contribution in [0.5, 0.6) is 5.75 Å². The van der Waals surface area contributed by atoms with Crippen LogP contribution >= 0.6 is 0 Å². The molecule has 0 unspecified atom stereocenters. The molecule has 2 aromatic carbocycles. The third-order valence-corrected chi connectivity index (χ3v) is 4.05. The summed E-state index contributed by atoms with van der Waals surface area (Å²) < 4.78 is 11.0. The molecule has 150 valence electrons. The van der Waals surface area contributed by atoms with Crippen LogP contribution in [0.3, 0.4) is 0 Å². The Labute approximate surface area is 172 Å². The molecule has 30 heavy (non-hydrogen) atoms. The molecule has 3 aromatic rings. The molecule has 0 atom stereocenters. The zero-order chi connectivity index (χ0) is 21.5. The fraction of sp³-hybridized carbons (Fsp3) is 0.0909. The summed E-state index contributed by atoms with van der Waals surface area (Å²) in [5.74, 6) is 0.460. The standard InChI is InChI=1S/C22H17N3O5/c1-2-29-17-7-5-6-16(13-17)24-22(26)15(14-23)12-18-10-11-21(30-18)19-8-3-4-9-20(19)25(27)28/h3-13H,2H2,1H3,(H,24,26)/b15-12+. The number of nitro benzene ring substituents is 1. The van der Waals surface area contributed by atoms with E-state index >= 15 is 0 Å². The first-order valence-electron chi connectivity index (χ1n) is 9.01. The number of nitrogens with zero attached hydrogens (tertiary/aromatic N) is 2. The first-order valence-corrected chi connectivity index (χ1v) is 9.01. The highest BCUT2D eigenvalue weighted by molar-refractivity contribution is 6.09. The molecule has 0 aliphatic rings. The number of carbonyl (C=O) groups excluding carboxylic acids is 1. The molecule has 0 aliphatic carbocycles. The summed E-state index contributed by atoms with van der Waals surface area (Å²) >= 11 is 0. The largest absolute Gasteiger partial charge is 0.494 e. The lowest BCUT2D eigenvalue weighted by Gasteiger charge is -2.07. The average molecular weight is 403 g/mol.